The van der Waals surface area contributed by atoms with Crippen LogP contribution in [0.25, 0.3) is 0 Å². The molecule has 2 heterocycles. The van der Waals surface area contributed by atoms with Crippen LogP contribution >= 0.6 is 0 Å². The zero-order valence-electron chi connectivity index (χ0n) is 17.7. The number of rotatable bonds is 5. The zero-order chi connectivity index (χ0) is 21.1. The molecule has 1 aliphatic heterocycles. The van der Waals surface area contributed by atoms with Crippen molar-refractivity contribution in [3.8, 4) is 0 Å². The van der Waals surface area contributed by atoms with E-state index in [2.05, 4.69) is 36.2 Å². The summed E-state index contributed by atoms with van der Waals surface area (Å²) in [5.74, 6) is 0.207. The first kappa shape index (κ1) is 20.6. The number of aromatic nitrogens is 1. The Morgan fingerprint density at radius 2 is 1.77 bits per heavy atom. The minimum Gasteiger partial charge on any atom is -0.364 e. The van der Waals surface area contributed by atoms with Crippen LogP contribution in [-0.2, 0) is 11.2 Å². The van der Waals surface area contributed by atoms with Gasteiger partial charge >= 0.3 is 0 Å². The van der Waals surface area contributed by atoms with Gasteiger partial charge in [0.1, 0.15) is 5.69 Å². The third kappa shape index (κ3) is 4.25. The van der Waals surface area contributed by atoms with Gasteiger partial charge in [-0.3, -0.25) is 14.6 Å². The van der Waals surface area contributed by atoms with Crippen molar-refractivity contribution in [1.82, 2.24) is 9.88 Å². The number of aryl methyl sites for hydroxylation is 1. The Labute approximate surface area is 178 Å². The molecule has 2 atom stereocenters. The van der Waals surface area contributed by atoms with E-state index in [1.165, 1.54) is 11.1 Å². The molecule has 1 saturated carbocycles. The molecule has 1 aromatic carbocycles. The van der Waals surface area contributed by atoms with Crippen LogP contribution in [-0.4, -0.2) is 34.8 Å². The first-order chi connectivity index (χ1) is 14.6. The van der Waals surface area contributed by atoms with E-state index >= 15 is 0 Å². The standard InChI is InChI=1S/C25H31N3O2/c1-2-17-9-11-18(12-10-17)20-14-21(22-8-5-13-27-23(22)24(26)29)16-28(15-20)25(30)19-6-3-4-7-19/h5,8-13,19-21H,2-4,6-7,14-16H2,1H3,(H2,26,29). The molecule has 2 unspecified atom stereocenters. The summed E-state index contributed by atoms with van der Waals surface area (Å²) in [5, 5.41) is 0. The Morgan fingerprint density at radius 3 is 2.43 bits per heavy atom. The smallest absolute Gasteiger partial charge is 0.267 e. The summed E-state index contributed by atoms with van der Waals surface area (Å²) in [6, 6.07) is 12.6. The van der Waals surface area contributed by atoms with E-state index in [1.807, 2.05) is 17.0 Å². The number of primary amides is 1. The van der Waals surface area contributed by atoms with Crippen LogP contribution in [0.15, 0.2) is 42.6 Å². The van der Waals surface area contributed by atoms with Gasteiger partial charge in [0.2, 0.25) is 5.91 Å². The second-order valence-corrected chi connectivity index (χ2v) is 8.75. The summed E-state index contributed by atoms with van der Waals surface area (Å²) in [5.41, 5.74) is 9.38. The molecule has 2 aliphatic rings. The van der Waals surface area contributed by atoms with Gasteiger partial charge < -0.3 is 10.6 Å². The van der Waals surface area contributed by atoms with Crippen LogP contribution in [0, 0.1) is 5.92 Å². The van der Waals surface area contributed by atoms with Crippen molar-refractivity contribution in [2.45, 2.75) is 57.3 Å². The molecular weight excluding hydrogens is 374 g/mol. The highest BCUT2D eigenvalue weighted by Crippen LogP contribution is 2.38. The van der Waals surface area contributed by atoms with Crippen molar-refractivity contribution in [3.05, 3.63) is 65.0 Å². The number of carbonyl (C=O) groups excluding carboxylic acids is 2. The highest BCUT2D eigenvalue weighted by Gasteiger charge is 2.36. The van der Waals surface area contributed by atoms with E-state index < -0.39 is 5.91 Å². The normalized spacial score (nSPS) is 22.2. The summed E-state index contributed by atoms with van der Waals surface area (Å²) in [7, 11) is 0. The molecule has 2 amide bonds. The fraction of sp³-hybridized carbons (Fsp3) is 0.480. The number of nitrogens with zero attached hydrogens (tertiary/aromatic N) is 2. The second-order valence-electron chi connectivity index (χ2n) is 8.75. The highest BCUT2D eigenvalue weighted by atomic mass is 16.2. The van der Waals surface area contributed by atoms with Gasteiger partial charge in [0.05, 0.1) is 0 Å². The number of piperidine rings is 1. The van der Waals surface area contributed by atoms with E-state index in [9.17, 15) is 9.59 Å². The summed E-state index contributed by atoms with van der Waals surface area (Å²) in [6.07, 6.45) is 7.77. The lowest BCUT2D eigenvalue weighted by molar-refractivity contribution is -0.137. The number of likely N-dealkylation sites (tertiary alicyclic amines) is 1. The Balaban J connectivity index is 1.65. The molecule has 158 valence electrons. The monoisotopic (exact) mass is 405 g/mol. The molecular formula is C25H31N3O2. The molecule has 0 spiro atoms. The Bertz CT molecular complexity index is 903. The van der Waals surface area contributed by atoms with Gasteiger partial charge in [-0.2, -0.15) is 0 Å². The summed E-state index contributed by atoms with van der Waals surface area (Å²) in [4.78, 5) is 31.6. The third-order valence-corrected chi connectivity index (χ3v) is 6.84. The van der Waals surface area contributed by atoms with Crippen LogP contribution in [0.4, 0.5) is 0 Å². The molecule has 0 bridgehead atoms. The lowest BCUT2D eigenvalue weighted by atomic mass is 9.80. The zero-order valence-corrected chi connectivity index (χ0v) is 17.7. The van der Waals surface area contributed by atoms with Gasteiger partial charge in [-0.05, 0) is 48.4 Å². The second kappa shape index (κ2) is 8.99. The number of hydrogen-bond acceptors (Lipinski definition) is 3. The maximum absolute atomic E-state index is 13.3. The Hall–Kier alpha value is -2.69. The van der Waals surface area contributed by atoms with Gasteiger partial charge in [0.25, 0.3) is 5.91 Å². The number of carbonyl (C=O) groups is 2. The maximum Gasteiger partial charge on any atom is 0.267 e. The molecule has 2 N–H and O–H groups in total. The number of nitrogens with two attached hydrogens (primary N) is 1. The summed E-state index contributed by atoms with van der Waals surface area (Å²) < 4.78 is 0. The molecule has 1 aliphatic carbocycles. The fourth-order valence-electron chi connectivity index (χ4n) is 5.16. The molecule has 2 aromatic rings. The van der Waals surface area contributed by atoms with Crippen LogP contribution in [0.3, 0.4) is 0 Å². The number of pyridine rings is 1. The molecule has 5 nitrogen and oxygen atoms in total. The minimum absolute atomic E-state index is 0.0520. The Morgan fingerprint density at radius 1 is 1.07 bits per heavy atom. The topological polar surface area (TPSA) is 76.3 Å². The van der Waals surface area contributed by atoms with E-state index in [-0.39, 0.29) is 23.7 Å². The minimum atomic E-state index is -0.506. The molecule has 1 saturated heterocycles. The lowest BCUT2D eigenvalue weighted by Gasteiger charge is -2.39. The average molecular weight is 406 g/mol. The molecule has 1 aromatic heterocycles. The predicted molar refractivity (Wildman–Crippen MR) is 117 cm³/mol. The van der Waals surface area contributed by atoms with Crippen LogP contribution in [0.2, 0.25) is 0 Å². The van der Waals surface area contributed by atoms with E-state index in [1.54, 1.807) is 6.20 Å². The molecule has 5 heteroatoms. The predicted octanol–water partition coefficient (Wildman–Crippen LogP) is 4.03. The highest BCUT2D eigenvalue weighted by molar-refractivity contribution is 5.92. The fourth-order valence-corrected chi connectivity index (χ4v) is 5.16. The average Bonchev–Trinajstić information content (AvgIpc) is 3.33. The number of hydrogen-bond donors (Lipinski definition) is 1. The quantitative estimate of drug-likeness (QED) is 0.816. The van der Waals surface area contributed by atoms with Crippen molar-refractivity contribution in [2.24, 2.45) is 11.7 Å². The van der Waals surface area contributed by atoms with E-state index in [0.717, 1.165) is 50.6 Å². The van der Waals surface area contributed by atoms with E-state index in [0.29, 0.717) is 12.2 Å². The van der Waals surface area contributed by atoms with Crippen molar-refractivity contribution in [2.75, 3.05) is 13.1 Å². The summed E-state index contributed by atoms with van der Waals surface area (Å²) in [6.45, 7) is 3.52. The van der Waals surface area contributed by atoms with Gasteiger partial charge in [-0.15, -0.1) is 0 Å². The Kier molecular flexibility index (Phi) is 6.16. The van der Waals surface area contributed by atoms with Crippen LogP contribution in [0.1, 0.15) is 78.0 Å². The molecule has 4 rings (SSSR count). The van der Waals surface area contributed by atoms with Gasteiger partial charge in [0, 0.05) is 37.0 Å². The van der Waals surface area contributed by atoms with E-state index in [4.69, 9.17) is 5.73 Å². The SMILES string of the molecule is CCc1ccc(C2CC(c3cccnc3C(N)=O)CN(C(=O)C3CCCC3)C2)cc1. The third-order valence-electron chi connectivity index (χ3n) is 6.84. The number of benzene rings is 1. The van der Waals surface area contributed by atoms with Crippen LogP contribution < -0.4 is 5.73 Å². The first-order valence-electron chi connectivity index (χ1n) is 11.2. The van der Waals surface area contributed by atoms with Crippen molar-refractivity contribution in [1.29, 1.82) is 0 Å². The lowest BCUT2D eigenvalue weighted by Crippen LogP contribution is -2.45. The maximum atomic E-state index is 13.3. The van der Waals surface area contributed by atoms with Crippen molar-refractivity contribution in [3.63, 3.8) is 0 Å². The van der Waals surface area contributed by atoms with Gasteiger partial charge in [-0.1, -0.05) is 50.1 Å². The van der Waals surface area contributed by atoms with Crippen molar-refractivity contribution >= 4 is 11.8 Å². The van der Waals surface area contributed by atoms with Crippen LogP contribution in [0.5, 0.6) is 0 Å². The van der Waals surface area contributed by atoms with Gasteiger partial charge in [-0.25, -0.2) is 0 Å². The molecule has 0 radical (unpaired) electrons. The van der Waals surface area contributed by atoms with Crippen molar-refractivity contribution < 1.29 is 9.59 Å². The number of amides is 2. The van der Waals surface area contributed by atoms with Gasteiger partial charge in [0.15, 0.2) is 0 Å². The first-order valence-corrected chi connectivity index (χ1v) is 11.2. The largest absolute Gasteiger partial charge is 0.364 e. The molecule has 30 heavy (non-hydrogen) atoms. The summed E-state index contributed by atoms with van der Waals surface area (Å²) >= 11 is 0. The molecule has 2 fully saturated rings.